The Bertz CT molecular complexity index is 517. The Morgan fingerprint density at radius 1 is 1.12 bits per heavy atom. The molecule has 0 aliphatic carbocycles. The molecule has 0 N–H and O–H groups in total. The number of ether oxygens (including phenoxy) is 1. The molecule has 1 aromatic heterocycles. The lowest BCUT2D eigenvalue weighted by molar-refractivity contribution is 0.306. The second kappa shape index (κ2) is 5.58. The lowest BCUT2D eigenvalue weighted by atomic mass is 10.3. The molecule has 2 rings (SSSR count). The largest absolute Gasteiger partial charge is 0.489 e. The Labute approximate surface area is 98.6 Å². The van der Waals surface area contributed by atoms with Crippen LogP contribution >= 0.6 is 0 Å². The molecule has 0 saturated carbocycles. The summed E-state index contributed by atoms with van der Waals surface area (Å²) in [5.41, 5.74) is 1.62. The van der Waals surface area contributed by atoms with Crippen LogP contribution in [-0.2, 0) is 11.4 Å². The van der Waals surface area contributed by atoms with Crippen LogP contribution < -0.4 is 4.74 Å². The van der Waals surface area contributed by atoms with Crippen LogP contribution in [0.15, 0.2) is 53.8 Å². The molecule has 0 radical (unpaired) electrons. The van der Waals surface area contributed by atoms with Gasteiger partial charge in [0.15, 0.2) is 0 Å². The number of pyridine rings is 1. The molecule has 0 saturated heterocycles. The van der Waals surface area contributed by atoms with Crippen molar-refractivity contribution < 1.29 is 9.53 Å². The summed E-state index contributed by atoms with van der Waals surface area (Å²) in [4.78, 5) is 17.5. The fourth-order valence-corrected chi connectivity index (χ4v) is 1.32. The Kier molecular flexibility index (Phi) is 3.63. The average Bonchev–Trinajstić information content (AvgIpc) is 2.40. The summed E-state index contributed by atoms with van der Waals surface area (Å²) >= 11 is 0. The third-order valence-electron chi connectivity index (χ3n) is 2.17. The number of carbonyl (C=O) groups excluding carboxylic acids is 1. The first-order chi connectivity index (χ1) is 8.38. The monoisotopic (exact) mass is 226 g/mol. The maximum Gasteiger partial charge on any atom is 0.240 e. The smallest absolute Gasteiger partial charge is 0.240 e. The predicted octanol–water partition coefficient (Wildman–Crippen LogP) is 2.63. The summed E-state index contributed by atoms with van der Waals surface area (Å²) in [6.45, 7) is 0.485. The summed E-state index contributed by atoms with van der Waals surface area (Å²) in [6.07, 6.45) is 4.93. The first-order valence-electron chi connectivity index (χ1n) is 5.08. The zero-order chi connectivity index (χ0) is 11.9. The minimum Gasteiger partial charge on any atom is -0.489 e. The maximum atomic E-state index is 10.0. The molecule has 4 heteroatoms. The van der Waals surface area contributed by atoms with Crippen molar-refractivity contribution in [3.63, 3.8) is 0 Å². The average molecular weight is 226 g/mol. The van der Waals surface area contributed by atoms with Crippen LogP contribution in [-0.4, -0.2) is 11.1 Å². The van der Waals surface area contributed by atoms with E-state index in [1.807, 2.05) is 12.1 Å². The second-order valence-electron chi connectivity index (χ2n) is 3.34. The van der Waals surface area contributed by atoms with E-state index >= 15 is 0 Å². The number of hydrogen-bond acceptors (Lipinski definition) is 4. The molecule has 1 heterocycles. The van der Waals surface area contributed by atoms with E-state index in [1.165, 1.54) is 6.08 Å². The fourth-order valence-electron chi connectivity index (χ4n) is 1.32. The van der Waals surface area contributed by atoms with E-state index in [4.69, 9.17) is 4.74 Å². The molecular formula is C13H10N2O2. The van der Waals surface area contributed by atoms with Gasteiger partial charge in [-0.15, -0.1) is 0 Å². The zero-order valence-corrected chi connectivity index (χ0v) is 9.04. The summed E-state index contributed by atoms with van der Waals surface area (Å²) in [6, 6.07) is 10.7. The Morgan fingerprint density at radius 3 is 2.47 bits per heavy atom. The van der Waals surface area contributed by atoms with Gasteiger partial charge in [-0.05, 0) is 42.0 Å². The van der Waals surface area contributed by atoms with Crippen molar-refractivity contribution in [3.05, 3.63) is 54.4 Å². The first kappa shape index (κ1) is 11.0. The van der Waals surface area contributed by atoms with Gasteiger partial charge in [-0.25, -0.2) is 4.79 Å². The molecule has 0 spiro atoms. The van der Waals surface area contributed by atoms with Crippen molar-refractivity contribution >= 4 is 11.8 Å². The van der Waals surface area contributed by atoms with E-state index in [0.717, 1.165) is 11.3 Å². The summed E-state index contributed by atoms with van der Waals surface area (Å²) in [7, 11) is 0. The van der Waals surface area contributed by atoms with Crippen LogP contribution in [0, 0.1) is 0 Å². The van der Waals surface area contributed by atoms with Crippen molar-refractivity contribution in [2.24, 2.45) is 4.99 Å². The van der Waals surface area contributed by atoms with Crippen molar-refractivity contribution in [3.8, 4) is 5.75 Å². The molecule has 84 valence electrons. The van der Waals surface area contributed by atoms with E-state index in [-0.39, 0.29) is 0 Å². The van der Waals surface area contributed by atoms with Crippen molar-refractivity contribution in [2.75, 3.05) is 0 Å². The van der Waals surface area contributed by atoms with Crippen molar-refractivity contribution in [1.29, 1.82) is 0 Å². The van der Waals surface area contributed by atoms with Crippen molar-refractivity contribution in [2.45, 2.75) is 6.61 Å². The van der Waals surface area contributed by atoms with Gasteiger partial charge in [0.05, 0.1) is 5.69 Å². The van der Waals surface area contributed by atoms with Gasteiger partial charge in [0.25, 0.3) is 0 Å². The molecule has 0 aliphatic heterocycles. The van der Waals surface area contributed by atoms with E-state index in [1.54, 1.807) is 36.7 Å². The van der Waals surface area contributed by atoms with Gasteiger partial charge in [0.1, 0.15) is 12.4 Å². The second-order valence-corrected chi connectivity index (χ2v) is 3.34. The van der Waals surface area contributed by atoms with Crippen LogP contribution in [0.1, 0.15) is 5.56 Å². The Hall–Kier alpha value is -2.45. The van der Waals surface area contributed by atoms with Gasteiger partial charge in [-0.1, -0.05) is 0 Å². The third kappa shape index (κ3) is 3.26. The van der Waals surface area contributed by atoms with Crippen molar-refractivity contribution in [1.82, 2.24) is 4.98 Å². The topological polar surface area (TPSA) is 51.5 Å². The normalized spacial score (nSPS) is 9.41. The van der Waals surface area contributed by atoms with Gasteiger partial charge in [0, 0.05) is 12.4 Å². The molecular weight excluding hydrogens is 216 g/mol. The van der Waals surface area contributed by atoms with Crippen LogP contribution in [0.4, 0.5) is 5.69 Å². The maximum absolute atomic E-state index is 10.0. The fraction of sp³-hybridized carbons (Fsp3) is 0.0769. The summed E-state index contributed by atoms with van der Waals surface area (Å²) in [5.74, 6) is 0.728. The van der Waals surface area contributed by atoms with Gasteiger partial charge >= 0.3 is 0 Å². The molecule has 0 atom stereocenters. The summed E-state index contributed by atoms with van der Waals surface area (Å²) in [5, 5.41) is 0. The molecule has 0 fully saturated rings. The highest BCUT2D eigenvalue weighted by Crippen LogP contribution is 2.18. The van der Waals surface area contributed by atoms with Crippen LogP contribution in [0.2, 0.25) is 0 Å². The highest BCUT2D eigenvalue weighted by atomic mass is 16.5. The molecule has 0 bridgehead atoms. The molecule has 0 unspecified atom stereocenters. The molecule has 0 amide bonds. The Morgan fingerprint density at radius 2 is 1.82 bits per heavy atom. The SMILES string of the molecule is O=C=Nc1ccc(OCc2ccncc2)cc1. The number of benzene rings is 1. The highest BCUT2D eigenvalue weighted by molar-refractivity contribution is 5.50. The van der Waals surface area contributed by atoms with Gasteiger partial charge in [-0.3, -0.25) is 4.98 Å². The Balaban J connectivity index is 1.98. The van der Waals surface area contributed by atoms with Gasteiger partial charge < -0.3 is 4.74 Å². The first-order valence-corrected chi connectivity index (χ1v) is 5.08. The van der Waals surface area contributed by atoms with E-state index in [9.17, 15) is 4.79 Å². The third-order valence-corrected chi connectivity index (χ3v) is 2.17. The molecule has 2 aromatic rings. The standard InChI is InChI=1S/C13H10N2O2/c16-10-15-12-1-3-13(4-2-12)17-9-11-5-7-14-8-6-11/h1-8H,9H2. The lowest BCUT2D eigenvalue weighted by Gasteiger charge is -2.05. The van der Waals surface area contributed by atoms with Crippen LogP contribution in [0.25, 0.3) is 0 Å². The van der Waals surface area contributed by atoms with Crippen LogP contribution in [0.5, 0.6) is 5.75 Å². The highest BCUT2D eigenvalue weighted by Gasteiger charge is 1.96. The molecule has 17 heavy (non-hydrogen) atoms. The summed E-state index contributed by atoms with van der Waals surface area (Å²) < 4.78 is 5.56. The predicted molar refractivity (Wildman–Crippen MR) is 62.8 cm³/mol. The molecule has 4 nitrogen and oxygen atoms in total. The van der Waals surface area contributed by atoms with Gasteiger partial charge in [-0.2, -0.15) is 4.99 Å². The lowest BCUT2D eigenvalue weighted by Crippen LogP contribution is -1.94. The molecule has 1 aromatic carbocycles. The minimum atomic E-state index is 0.485. The minimum absolute atomic E-state index is 0.485. The zero-order valence-electron chi connectivity index (χ0n) is 9.04. The van der Waals surface area contributed by atoms with E-state index < -0.39 is 0 Å². The number of aromatic nitrogens is 1. The van der Waals surface area contributed by atoms with E-state index in [2.05, 4.69) is 9.98 Å². The number of aliphatic imine (C=N–C) groups is 1. The number of rotatable bonds is 4. The quantitative estimate of drug-likeness (QED) is 0.594. The number of nitrogens with zero attached hydrogens (tertiary/aromatic N) is 2. The van der Waals surface area contributed by atoms with Crippen LogP contribution in [0.3, 0.4) is 0 Å². The number of hydrogen-bond donors (Lipinski definition) is 0. The molecule has 0 aliphatic rings. The van der Waals surface area contributed by atoms with Gasteiger partial charge in [0.2, 0.25) is 6.08 Å². The van der Waals surface area contributed by atoms with E-state index in [0.29, 0.717) is 12.3 Å². The number of isocyanates is 1.